The number of carboxylic acids is 1. The quantitative estimate of drug-likeness (QED) is 0.273. The Hall–Kier alpha value is -1.03. The number of carbonyl (C=O) groups is 1. The topological polar surface area (TPSA) is 104 Å². The fraction of sp³-hybridized carbons (Fsp3) is 0.727. The Morgan fingerprint density at radius 3 is 2.53 bits per heavy atom. The molecule has 0 amide bonds. The van der Waals surface area contributed by atoms with Gasteiger partial charge in [-0.3, -0.25) is 0 Å². The van der Waals surface area contributed by atoms with Crippen molar-refractivity contribution >= 4 is 13.1 Å². The second-order valence-corrected chi connectivity index (χ2v) is 4.02. The molecule has 0 aliphatic carbocycles. The molecule has 0 heterocycles. The highest BCUT2D eigenvalue weighted by molar-refractivity contribution is 6.40. The van der Waals surface area contributed by atoms with E-state index in [0.29, 0.717) is 25.7 Å². The first kappa shape index (κ1) is 16.0. The lowest BCUT2D eigenvalue weighted by molar-refractivity contribution is -0.130. The van der Waals surface area contributed by atoms with Crippen molar-refractivity contribution in [2.75, 3.05) is 6.54 Å². The van der Waals surface area contributed by atoms with Gasteiger partial charge in [-0.05, 0) is 31.6 Å². The molecule has 0 spiro atoms. The molecule has 0 fully saturated rings. The number of unbranched alkanes of at least 4 members (excludes halogenated alkanes) is 1. The summed E-state index contributed by atoms with van der Waals surface area (Å²) in [6.07, 6.45) is 4.17. The van der Waals surface area contributed by atoms with Crippen LogP contribution in [-0.4, -0.2) is 34.8 Å². The lowest BCUT2D eigenvalue weighted by Gasteiger charge is -2.13. The maximum Gasteiger partial charge on any atom is 0.451 e. The third-order valence-electron chi connectivity index (χ3n) is 2.49. The number of hydrogen-bond donors (Lipinski definition) is 4. The Morgan fingerprint density at radius 1 is 1.29 bits per heavy atom. The van der Waals surface area contributed by atoms with Crippen molar-refractivity contribution in [3.63, 3.8) is 0 Å². The van der Waals surface area contributed by atoms with Gasteiger partial charge in [-0.2, -0.15) is 0 Å². The van der Waals surface area contributed by atoms with E-state index in [4.69, 9.17) is 20.9 Å². The SMILES string of the molecule is NCCCC[C@H](CC#CC(=O)O)CCB(O)O. The fourth-order valence-corrected chi connectivity index (χ4v) is 1.58. The van der Waals surface area contributed by atoms with E-state index in [0.717, 1.165) is 19.3 Å². The molecule has 0 radical (unpaired) electrons. The van der Waals surface area contributed by atoms with Crippen molar-refractivity contribution in [3.05, 3.63) is 0 Å². The number of rotatable bonds is 8. The summed E-state index contributed by atoms with van der Waals surface area (Å²) < 4.78 is 0. The minimum atomic E-state index is -1.31. The van der Waals surface area contributed by atoms with Gasteiger partial charge in [-0.25, -0.2) is 4.79 Å². The van der Waals surface area contributed by atoms with E-state index in [1.165, 1.54) is 0 Å². The van der Waals surface area contributed by atoms with Gasteiger partial charge in [-0.1, -0.05) is 18.8 Å². The number of nitrogens with two attached hydrogens (primary N) is 1. The molecule has 5 N–H and O–H groups in total. The number of carboxylic acid groups (broad SMARTS) is 1. The van der Waals surface area contributed by atoms with Crippen molar-refractivity contribution in [1.29, 1.82) is 0 Å². The van der Waals surface area contributed by atoms with Gasteiger partial charge in [0.15, 0.2) is 0 Å². The first-order valence-electron chi connectivity index (χ1n) is 5.84. The highest BCUT2D eigenvalue weighted by Gasteiger charge is 2.12. The van der Waals surface area contributed by atoms with E-state index in [9.17, 15) is 4.79 Å². The smallest absolute Gasteiger partial charge is 0.451 e. The minimum absolute atomic E-state index is 0.204. The monoisotopic (exact) mass is 241 g/mol. The maximum atomic E-state index is 10.2. The standard InChI is InChI=1S/C11H20BNO4/c13-9-2-1-4-10(7-8-12(16)17)5-3-6-11(14)15/h10,16-17H,1-2,4-5,7-9,13H2,(H,14,15)/t10-/m1/s1. The zero-order valence-electron chi connectivity index (χ0n) is 9.93. The van der Waals surface area contributed by atoms with Crippen LogP contribution in [-0.2, 0) is 4.79 Å². The van der Waals surface area contributed by atoms with Crippen molar-refractivity contribution < 1.29 is 19.9 Å². The molecule has 5 nitrogen and oxygen atoms in total. The first-order valence-corrected chi connectivity index (χ1v) is 5.84. The molecular formula is C11H20BNO4. The van der Waals surface area contributed by atoms with E-state index in [1.807, 2.05) is 0 Å². The van der Waals surface area contributed by atoms with E-state index < -0.39 is 13.1 Å². The molecule has 0 rings (SSSR count). The molecule has 0 aromatic carbocycles. The van der Waals surface area contributed by atoms with E-state index in [1.54, 1.807) is 0 Å². The average Bonchev–Trinajstić information content (AvgIpc) is 2.24. The van der Waals surface area contributed by atoms with Crippen LogP contribution in [0, 0.1) is 17.8 Å². The number of aliphatic carboxylic acids is 1. The van der Waals surface area contributed by atoms with Crippen LogP contribution in [0.25, 0.3) is 0 Å². The van der Waals surface area contributed by atoms with Crippen LogP contribution in [0.2, 0.25) is 6.32 Å². The molecule has 96 valence electrons. The molecule has 6 heteroatoms. The van der Waals surface area contributed by atoms with Gasteiger partial charge >= 0.3 is 13.1 Å². The van der Waals surface area contributed by atoms with Crippen LogP contribution in [0.5, 0.6) is 0 Å². The Kier molecular flexibility index (Phi) is 9.54. The van der Waals surface area contributed by atoms with Gasteiger partial charge in [-0.15, -0.1) is 0 Å². The summed E-state index contributed by atoms with van der Waals surface area (Å²) in [5.74, 6) is 3.73. The highest BCUT2D eigenvalue weighted by Crippen LogP contribution is 2.18. The Bertz CT molecular complexity index is 272. The third-order valence-corrected chi connectivity index (χ3v) is 2.49. The molecule has 0 aromatic heterocycles. The summed E-state index contributed by atoms with van der Waals surface area (Å²) in [4.78, 5) is 10.2. The van der Waals surface area contributed by atoms with Crippen LogP contribution in [0.4, 0.5) is 0 Å². The second-order valence-electron chi connectivity index (χ2n) is 4.02. The van der Waals surface area contributed by atoms with Crippen LogP contribution in [0.3, 0.4) is 0 Å². The summed E-state index contributed by atoms with van der Waals surface area (Å²) in [5, 5.41) is 26.0. The predicted molar refractivity (Wildman–Crippen MR) is 66.0 cm³/mol. The lowest BCUT2D eigenvalue weighted by Crippen LogP contribution is -2.13. The lowest BCUT2D eigenvalue weighted by atomic mass is 9.79. The average molecular weight is 241 g/mol. The molecule has 17 heavy (non-hydrogen) atoms. The molecule has 0 unspecified atom stereocenters. The van der Waals surface area contributed by atoms with Crippen LogP contribution in [0.15, 0.2) is 0 Å². The summed E-state index contributed by atoms with van der Waals surface area (Å²) in [6.45, 7) is 0.635. The summed E-state index contributed by atoms with van der Waals surface area (Å²) in [7, 11) is -1.31. The fourth-order valence-electron chi connectivity index (χ4n) is 1.58. The Labute approximate surface area is 102 Å². The van der Waals surface area contributed by atoms with Crippen molar-refractivity contribution in [3.8, 4) is 11.8 Å². The summed E-state index contributed by atoms with van der Waals surface area (Å²) >= 11 is 0. The normalized spacial score (nSPS) is 11.5. The minimum Gasteiger partial charge on any atom is -0.472 e. The molecular weight excluding hydrogens is 221 g/mol. The second kappa shape index (κ2) is 10.1. The largest absolute Gasteiger partial charge is 0.472 e. The molecule has 0 saturated carbocycles. The van der Waals surface area contributed by atoms with Gasteiger partial charge in [0.1, 0.15) is 0 Å². The molecule has 0 aliphatic rings. The van der Waals surface area contributed by atoms with Crippen LogP contribution >= 0.6 is 0 Å². The Balaban J connectivity index is 4.01. The van der Waals surface area contributed by atoms with Gasteiger partial charge in [0.25, 0.3) is 0 Å². The van der Waals surface area contributed by atoms with Crippen LogP contribution in [0.1, 0.15) is 32.1 Å². The number of hydrogen-bond acceptors (Lipinski definition) is 4. The molecule has 0 saturated heterocycles. The van der Waals surface area contributed by atoms with Crippen molar-refractivity contribution in [1.82, 2.24) is 0 Å². The van der Waals surface area contributed by atoms with Crippen LogP contribution < -0.4 is 5.73 Å². The molecule has 1 atom stereocenters. The zero-order chi connectivity index (χ0) is 13.1. The first-order chi connectivity index (χ1) is 8.06. The van der Waals surface area contributed by atoms with Gasteiger partial charge in [0.05, 0.1) is 0 Å². The maximum absolute atomic E-state index is 10.2. The highest BCUT2D eigenvalue weighted by atomic mass is 16.4. The molecule has 0 bridgehead atoms. The van der Waals surface area contributed by atoms with E-state index in [-0.39, 0.29) is 5.92 Å². The molecule has 0 aromatic rings. The van der Waals surface area contributed by atoms with E-state index >= 15 is 0 Å². The van der Waals surface area contributed by atoms with Gasteiger partial charge in [0, 0.05) is 12.3 Å². The van der Waals surface area contributed by atoms with Gasteiger partial charge < -0.3 is 20.9 Å². The zero-order valence-corrected chi connectivity index (χ0v) is 9.93. The summed E-state index contributed by atoms with van der Waals surface area (Å²) in [5.41, 5.74) is 5.39. The van der Waals surface area contributed by atoms with Gasteiger partial charge in [0.2, 0.25) is 0 Å². The third kappa shape index (κ3) is 11.2. The predicted octanol–water partition coefficient (Wildman–Crippen LogP) is 0.0726. The van der Waals surface area contributed by atoms with E-state index in [2.05, 4.69) is 11.8 Å². The van der Waals surface area contributed by atoms with Crippen molar-refractivity contribution in [2.45, 2.75) is 38.4 Å². The van der Waals surface area contributed by atoms with Crippen molar-refractivity contribution in [2.24, 2.45) is 11.7 Å². The Morgan fingerprint density at radius 2 is 2.00 bits per heavy atom. The summed E-state index contributed by atoms with van der Waals surface area (Å²) in [6, 6.07) is 0. The molecule has 0 aliphatic heterocycles.